The van der Waals surface area contributed by atoms with Gasteiger partial charge in [-0.05, 0) is 44.1 Å². The maximum atomic E-state index is 14.2. The van der Waals surface area contributed by atoms with Crippen molar-refractivity contribution in [2.24, 2.45) is 11.3 Å². The van der Waals surface area contributed by atoms with E-state index in [0.29, 0.717) is 12.1 Å². The molecule has 1 aromatic rings. The molecule has 4 rings (SSSR count). The van der Waals surface area contributed by atoms with Gasteiger partial charge in [0, 0.05) is 24.1 Å². The van der Waals surface area contributed by atoms with Gasteiger partial charge in [-0.1, -0.05) is 31.0 Å². The van der Waals surface area contributed by atoms with Crippen LogP contribution in [-0.2, 0) is 10.2 Å². The lowest BCUT2D eigenvalue weighted by Crippen LogP contribution is -2.51. The van der Waals surface area contributed by atoms with Gasteiger partial charge in [-0.3, -0.25) is 4.79 Å². The number of aliphatic hydroxyl groups excluding tert-OH is 1. The van der Waals surface area contributed by atoms with Gasteiger partial charge in [0.1, 0.15) is 5.82 Å². The minimum atomic E-state index is -0.649. The smallest absolute Gasteiger partial charge is 0.233 e. The molecule has 24 heavy (non-hydrogen) atoms. The van der Waals surface area contributed by atoms with Gasteiger partial charge in [0.25, 0.3) is 0 Å². The van der Waals surface area contributed by atoms with Crippen LogP contribution in [0, 0.1) is 17.2 Å². The highest BCUT2D eigenvalue weighted by Crippen LogP contribution is 2.52. The molecule has 0 radical (unpaired) electrons. The van der Waals surface area contributed by atoms with E-state index in [4.69, 9.17) is 0 Å². The van der Waals surface area contributed by atoms with E-state index in [1.54, 1.807) is 12.1 Å². The van der Waals surface area contributed by atoms with Crippen molar-refractivity contribution in [2.75, 3.05) is 19.7 Å². The summed E-state index contributed by atoms with van der Waals surface area (Å²) in [4.78, 5) is 15.1. The molecule has 1 atom stereocenters. The second-order valence-corrected chi connectivity index (χ2v) is 8.20. The zero-order valence-electron chi connectivity index (χ0n) is 14.1. The van der Waals surface area contributed by atoms with Crippen LogP contribution in [0.5, 0.6) is 0 Å². The number of aliphatic hydroxyl groups is 1. The molecule has 2 saturated carbocycles. The zero-order chi connectivity index (χ0) is 16.8. The lowest BCUT2D eigenvalue weighted by atomic mass is 9.76. The van der Waals surface area contributed by atoms with Gasteiger partial charge in [0.2, 0.25) is 5.91 Å². The first kappa shape index (κ1) is 16.1. The van der Waals surface area contributed by atoms with Crippen LogP contribution in [0.4, 0.5) is 4.39 Å². The first-order valence-electron chi connectivity index (χ1n) is 9.24. The third-order valence-corrected chi connectivity index (χ3v) is 6.25. The third kappa shape index (κ3) is 2.75. The first-order chi connectivity index (χ1) is 11.6. The number of carbonyl (C=O) groups is 1. The molecule has 2 aliphatic carbocycles. The monoisotopic (exact) mass is 331 g/mol. The van der Waals surface area contributed by atoms with Gasteiger partial charge >= 0.3 is 0 Å². The Kier molecular flexibility index (Phi) is 3.91. The third-order valence-electron chi connectivity index (χ3n) is 6.25. The van der Waals surface area contributed by atoms with E-state index in [2.05, 4.69) is 0 Å². The molecular weight excluding hydrogens is 305 g/mol. The number of carbonyl (C=O) groups excluding carboxylic acids is 1. The summed E-state index contributed by atoms with van der Waals surface area (Å²) in [6.07, 6.45) is 6.95. The van der Waals surface area contributed by atoms with Crippen LogP contribution in [0.1, 0.15) is 50.5 Å². The molecule has 1 aliphatic heterocycles. The summed E-state index contributed by atoms with van der Waals surface area (Å²) in [6.45, 7) is 1.52. The van der Waals surface area contributed by atoms with E-state index in [0.717, 1.165) is 44.6 Å². The van der Waals surface area contributed by atoms with Crippen LogP contribution in [0.15, 0.2) is 24.3 Å². The van der Waals surface area contributed by atoms with Crippen LogP contribution in [0.25, 0.3) is 0 Å². The number of piperidine rings is 1. The van der Waals surface area contributed by atoms with Gasteiger partial charge in [-0.15, -0.1) is 0 Å². The summed E-state index contributed by atoms with van der Waals surface area (Å²) < 4.78 is 14.2. The topological polar surface area (TPSA) is 40.5 Å². The predicted molar refractivity (Wildman–Crippen MR) is 90.0 cm³/mol. The highest BCUT2D eigenvalue weighted by atomic mass is 19.1. The molecule has 0 bridgehead atoms. The molecule has 1 aromatic carbocycles. The number of hydrogen-bond acceptors (Lipinski definition) is 2. The average molecular weight is 331 g/mol. The Balaban J connectivity index is 1.54. The maximum Gasteiger partial charge on any atom is 0.233 e. The van der Waals surface area contributed by atoms with Crippen LogP contribution >= 0.6 is 0 Å². The van der Waals surface area contributed by atoms with Crippen LogP contribution in [-0.4, -0.2) is 35.6 Å². The van der Waals surface area contributed by atoms with Gasteiger partial charge in [-0.25, -0.2) is 4.39 Å². The molecule has 1 saturated heterocycles. The Bertz CT molecular complexity index is 638. The van der Waals surface area contributed by atoms with Gasteiger partial charge in [0.05, 0.1) is 12.0 Å². The van der Waals surface area contributed by atoms with Crippen LogP contribution in [0.2, 0.25) is 0 Å². The summed E-state index contributed by atoms with van der Waals surface area (Å²) in [5.74, 6) is 0.529. The fourth-order valence-electron chi connectivity index (χ4n) is 4.55. The van der Waals surface area contributed by atoms with E-state index in [1.807, 2.05) is 11.0 Å². The fourth-order valence-corrected chi connectivity index (χ4v) is 4.55. The van der Waals surface area contributed by atoms with Crippen molar-refractivity contribution < 1.29 is 14.3 Å². The van der Waals surface area contributed by atoms with Crippen molar-refractivity contribution >= 4 is 5.91 Å². The molecule has 3 nitrogen and oxygen atoms in total. The second-order valence-electron chi connectivity index (χ2n) is 8.20. The van der Waals surface area contributed by atoms with Crippen molar-refractivity contribution in [2.45, 2.75) is 50.4 Å². The number of rotatable bonds is 5. The number of nitrogens with zero attached hydrogens (tertiary/aromatic N) is 1. The molecule has 1 heterocycles. The van der Waals surface area contributed by atoms with Crippen molar-refractivity contribution in [1.82, 2.24) is 4.90 Å². The lowest BCUT2D eigenvalue weighted by molar-refractivity contribution is -0.138. The van der Waals surface area contributed by atoms with E-state index in [-0.39, 0.29) is 23.7 Å². The average Bonchev–Trinajstić information content (AvgIpc) is 3.50. The number of amides is 1. The molecule has 4 heteroatoms. The molecule has 130 valence electrons. The number of benzene rings is 1. The van der Waals surface area contributed by atoms with E-state index in [9.17, 15) is 14.3 Å². The SMILES string of the molecule is O=C(N1CCC[C@](CO)(CC2CC2)C1)C1(c2ccccc2F)CC1. The van der Waals surface area contributed by atoms with E-state index >= 15 is 0 Å². The number of halogens is 1. The Morgan fingerprint density at radius 3 is 2.62 bits per heavy atom. The maximum absolute atomic E-state index is 14.2. The first-order valence-corrected chi connectivity index (χ1v) is 9.24. The highest BCUT2D eigenvalue weighted by Gasteiger charge is 2.55. The summed E-state index contributed by atoms with van der Waals surface area (Å²) >= 11 is 0. The highest BCUT2D eigenvalue weighted by molar-refractivity contribution is 5.91. The molecule has 3 aliphatic rings. The molecule has 1 amide bonds. The standard InChI is InChI=1S/C20H26FNO2/c21-17-5-2-1-4-16(17)20(9-10-20)18(24)22-11-3-8-19(13-22,14-23)12-15-6-7-15/h1-2,4-5,15,23H,3,6-14H2/t19-/m0/s1. The normalized spacial score (nSPS) is 28.7. The Morgan fingerprint density at radius 1 is 1.25 bits per heavy atom. The fraction of sp³-hybridized carbons (Fsp3) is 0.650. The van der Waals surface area contributed by atoms with Crippen molar-refractivity contribution in [3.8, 4) is 0 Å². The van der Waals surface area contributed by atoms with Gasteiger partial charge in [0.15, 0.2) is 0 Å². The summed E-state index contributed by atoms with van der Waals surface area (Å²) in [6, 6.07) is 6.69. The van der Waals surface area contributed by atoms with Crippen molar-refractivity contribution in [3.63, 3.8) is 0 Å². The quantitative estimate of drug-likeness (QED) is 0.900. The molecule has 3 fully saturated rings. The van der Waals surface area contributed by atoms with Crippen LogP contribution < -0.4 is 0 Å². The van der Waals surface area contributed by atoms with Crippen molar-refractivity contribution in [3.05, 3.63) is 35.6 Å². The predicted octanol–water partition coefficient (Wildman–Crippen LogP) is 3.26. The van der Waals surface area contributed by atoms with E-state index in [1.165, 1.54) is 18.9 Å². The summed E-state index contributed by atoms with van der Waals surface area (Å²) in [5.41, 5.74) is -0.235. The molecule has 1 N–H and O–H groups in total. The number of likely N-dealkylation sites (tertiary alicyclic amines) is 1. The largest absolute Gasteiger partial charge is 0.396 e. The Morgan fingerprint density at radius 2 is 2.00 bits per heavy atom. The Labute approximate surface area is 142 Å². The molecule has 0 unspecified atom stereocenters. The molecule has 0 spiro atoms. The minimum absolute atomic E-state index is 0.0703. The van der Waals surface area contributed by atoms with Gasteiger partial charge < -0.3 is 10.0 Å². The zero-order valence-corrected chi connectivity index (χ0v) is 14.1. The summed E-state index contributed by atoms with van der Waals surface area (Å²) in [7, 11) is 0. The summed E-state index contributed by atoms with van der Waals surface area (Å²) in [5, 5.41) is 10.00. The van der Waals surface area contributed by atoms with Crippen molar-refractivity contribution in [1.29, 1.82) is 0 Å². The lowest BCUT2D eigenvalue weighted by Gasteiger charge is -2.43. The second kappa shape index (κ2) is 5.83. The molecule has 0 aromatic heterocycles. The van der Waals surface area contributed by atoms with Gasteiger partial charge in [-0.2, -0.15) is 0 Å². The van der Waals surface area contributed by atoms with Crippen LogP contribution in [0.3, 0.4) is 0 Å². The number of hydrogen-bond donors (Lipinski definition) is 1. The minimum Gasteiger partial charge on any atom is -0.396 e. The van der Waals surface area contributed by atoms with E-state index < -0.39 is 5.41 Å². The molecular formula is C20H26FNO2. The Hall–Kier alpha value is -1.42.